The molecule has 1 saturated carbocycles. The van der Waals surface area contributed by atoms with Crippen molar-refractivity contribution in [2.45, 2.75) is 31.8 Å². The average molecular weight is 272 g/mol. The lowest BCUT2D eigenvalue weighted by Gasteiger charge is -2.07. The highest BCUT2D eigenvalue weighted by atomic mass is 32.2. The highest BCUT2D eigenvalue weighted by Crippen LogP contribution is 2.18. The molecule has 1 aliphatic rings. The van der Waals surface area contributed by atoms with Crippen LogP contribution < -0.4 is 10.0 Å². The Morgan fingerprint density at radius 3 is 2.89 bits per heavy atom. The van der Waals surface area contributed by atoms with Crippen LogP contribution in [0.4, 0.5) is 0 Å². The minimum absolute atomic E-state index is 0.171. The number of nitrogens with zero attached hydrogens (tertiary/aromatic N) is 2. The minimum Gasteiger partial charge on any atom is -0.314 e. The molecular weight excluding hydrogens is 252 g/mol. The van der Waals surface area contributed by atoms with Gasteiger partial charge < -0.3 is 5.32 Å². The van der Waals surface area contributed by atoms with E-state index < -0.39 is 10.0 Å². The lowest BCUT2D eigenvalue weighted by molar-refractivity contribution is 0.570. The van der Waals surface area contributed by atoms with Crippen molar-refractivity contribution >= 4 is 10.0 Å². The van der Waals surface area contributed by atoms with Gasteiger partial charge in [0.15, 0.2) is 0 Å². The van der Waals surface area contributed by atoms with Gasteiger partial charge in [-0.15, -0.1) is 0 Å². The Morgan fingerprint density at radius 2 is 2.28 bits per heavy atom. The molecule has 6 nitrogen and oxygen atoms in total. The molecule has 2 N–H and O–H groups in total. The van der Waals surface area contributed by atoms with E-state index in [4.69, 9.17) is 0 Å². The normalized spacial score (nSPS) is 16.1. The van der Waals surface area contributed by atoms with Crippen LogP contribution in [0, 0.1) is 0 Å². The average Bonchev–Trinajstić information content (AvgIpc) is 3.05. The fraction of sp³-hybridized carbons (Fsp3) is 0.727. The summed E-state index contributed by atoms with van der Waals surface area (Å²) in [5, 5.41) is 7.29. The quantitative estimate of drug-likeness (QED) is 0.652. The zero-order valence-corrected chi connectivity index (χ0v) is 11.4. The van der Waals surface area contributed by atoms with E-state index in [1.807, 2.05) is 0 Å². The van der Waals surface area contributed by atoms with Crippen LogP contribution in [0.2, 0.25) is 0 Å². The third-order valence-electron chi connectivity index (χ3n) is 3.00. The van der Waals surface area contributed by atoms with Gasteiger partial charge in [0.1, 0.15) is 0 Å². The largest absolute Gasteiger partial charge is 0.314 e. The van der Waals surface area contributed by atoms with Gasteiger partial charge in [-0.2, -0.15) is 5.10 Å². The van der Waals surface area contributed by atoms with Crippen LogP contribution >= 0.6 is 0 Å². The Morgan fingerprint density at radius 1 is 1.50 bits per heavy atom. The van der Waals surface area contributed by atoms with E-state index in [-0.39, 0.29) is 5.75 Å². The fourth-order valence-corrected chi connectivity index (χ4v) is 2.72. The zero-order chi connectivity index (χ0) is 13.0. The Kier molecular flexibility index (Phi) is 4.36. The van der Waals surface area contributed by atoms with Crippen LogP contribution in [0.3, 0.4) is 0 Å². The Hall–Kier alpha value is -0.920. The first-order valence-corrected chi connectivity index (χ1v) is 7.90. The summed E-state index contributed by atoms with van der Waals surface area (Å²) in [6.45, 7) is 1.08. The molecule has 1 fully saturated rings. The maximum absolute atomic E-state index is 11.7. The van der Waals surface area contributed by atoms with E-state index >= 15 is 0 Å². The molecular formula is C11H20N4O2S. The summed E-state index contributed by atoms with van der Waals surface area (Å²) in [4.78, 5) is 0. The highest BCUT2D eigenvalue weighted by molar-refractivity contribution is 7.89. The minimum atomic E-state index is -3.18. The number of rotatable bonds is 8. The summed E-state index contributed by atoms with van der Waals surface area (Å²) in [5.74, 6) is 0.171. The van der Waals surface area contributed by atoms with Gasteiger partial charge in [0.05, 0.1) is 18.0 Å². The monoisotopic (exact) mass is 272 g/mol. The van der Waals surface area contributed by atoms with Crippen LogP contribution in [0.1, 0.15) is 25.0 Å². The van der Waals surface area contributed by atoms with Crippen molar-refractivity contribution in [2.24, 2.45) is 7.05 Å². The van der Waals surface area contributed by atoms with Crippen molar-refractivity contribution in [3.63, 3.8) is 0 Å². The van der Waals surface area contributed by atoms with E-state index in [2.05, 4.69) is 15.1 Å². The van der Waals surface area contributed by atoms with Crippen molar-refractivity contribution in [1.82, 2.24) is 19.8 Å². The highest BCUT2D eigenvalue weighted by Gasteiger charge is 2.20. The Balaban J connectivity index is 1.67. The van der Waals surface area contributed by atoms with Crippen LogP contribution in [0.25, 0.3) is 0 Å². The second kappa shape index (κ2) is 5.81. The molecule has 0 aromatic carbocycles. The van der Waals surface area contributed by atoms with Gasteiger partial charge in [-0.25, -0.2) is 13.1 Å². The van der Waals surface area contributed by atoms with E-state index in [1.165, 1.54) is 12.8 Å². The lowest BCUT2D eigenvalue weighted by Crippen LogP contribution is -2.29. The van der Waals surface area contributed by atoms with Gasteiger partial charge in [-0.05, 0) is 31.9 Å². The zero-order valence-electron chi connectivity index (χ0n) is 10.6. The third-order valence-corrected chi connectivity index (χ3v) is 4.41. The summed E-state index contributed by atoms with van der Waals surface area (Å²) in [5.41, 5.74) is 0.856. The van der Waals surface area contributed by atoms with Crippen LogP contribution in [0.15, 0.2) is 12.3 Å². The lowest BCUT2D eigenvalue weighted by atomic mass is 10.4. The van der Waals surface area contributed by atoms with Crippen LogP contribution in [-0.4, -0.2) is 36.5 Å². The van der Waals surface area contributed by atoms with Crippen molar-refractivity contribution in [3.8, 4) is 0 Å². The van der Waals surface area contributed by atoms with Gasteiger partial charge in [-0.3, -0.25) is 4.68 Å². The fourth-order valence-electron chi connectivity index (χ4n) is 1.69. The first kappa shape index (κ1) is 13.5. The van der Waals surface area contributed by atoms with Crippen molar-refractivity contribution in [3.05, 3.63) is 18.0 Å². The molecule has 7 heteroatoms. The molecule has 2 rings (SSSR count). The predicted octanol–water partition coefficient (Wildman–Crippen LogP) is -0.0184. The molecule has 18 heavy (non-hydrogen) atoms. The number of sulfonamides is 1. The number of hydrogen-bond acceptors (Lipinski definition) is 4. The van der Waals surface area contributed by atoms with E-state index in [9.17, 15) is 8.42 Å². The van der Waals surface area contributed by atoms with E-state index in [1.54, 1.807) is 24.0 Å². The molecule has 0 radical (unpaired) electrons. The Bertz CT molecular complexity index is 479. The molecule has 102 valence electrons. The maximum Gasteiger partial charge on any atom is 0.211 e. The number of nitrogens with one attached hydrogen (secondary N) is 2. The summed E-state index contributed by atoms with van der Waals surface area (Å²) < 4.78 is 27.7. The van der Waals surface area contributed by atoms with Gasteiger partial charge in [0, 0.05) is 19.3 Å². The smallest absolute Gasteiger partial charge is 0.211 e. The molecule has 0 saturated heterocycles. The molecule has 1 aliphatic carbocycles. The molecule has 1 heterocycles. The van der Waals surface area contributed by atoms with Gasteiger partial charge in [0.2, 0.25) is 10.0 Å². The third kappa shape index (κ3) is 4.40. The molecule has 0 amide bonds. The summed E-state index contributed by atoms with van der Waals surface area (Å²) in [6.07, 6.45) is 4.76. The van der Waals surface area contributed by atoms with Crippen LogP contribution in [-0.2, 0) is 23.6 Å². The SMILES string of the molecule is Cn1nccc1CNS(=O)(=O)CCCNC1CC1. The molecule has 0 unspecified atom stereocenters. The first-order chi connectivity index (χ1) is 8.57. The van der Waals surface area contributed by atoms with Crippen LogP contribution in [0.5, 0.6) is 0 Å². The Labute approximate surface area is 108 Å². The number of aromatic nitrogens is 2. The summed E-state index contributed by atoms with van der Waals surface area (Å²) in [7, 11) is -1.39. The van der Waals surface area contributed by atoms with Crippen molar-refractivity contribution < 1.29 is 8.42 Å². The standard InChI is InChI=1S/C11H20N4O2S/c1-15-11(5-7-13-15)9-14-18(16,17)8-2-6-12-10-3-4-10/h5,7,10,12,14H,2-4,6,8-9H2,1H3. The molecule has 0 spiro atoms. The topological polar surface area (TPSA) is 76.0 Å². The van der Waals surface area contributed by atoms with Crippen molar-refractivity contribution in [1.29, 1.82) is 0 Å². The predicted molar refractivity (Wildman–Crippen MR) is 69.5 cm³/mol. The molecule has 1 aromatic heterocycles. The molecule has 0 bridgehead atoms. The molecule has 0 aliphatic heterocycles. The summed E-state index contributed by atoms with van der Waals surface area (Å²) in [6, 6.07) is 2.44. The van der Waals surface area contributed by atoms with Crippen molar-refractivity contribution in [2.75, 3.05) is 12.3 Å². The van der Waals surface area contributed by atoms with Gasteiger partial charge >= 0.3 is 0 Å². The van der Waals surface area contributed by atoms with E-state index in [0.29, 0.717) is 19.0 Å². The van der Waals surface area contributed by atoms with E-state index in [0.717, 1.165) is 12.2 Å². The summed E-state index contributed by atoms with van der Waals surface area (Å²) >= 11 is 0. The van der Waals surface area contributed by atoms with Gasteiger partial charge in [0.25, 0.3) is 0 Å². The maximum atomic E-state index is 11.7. The molecule has 0 atom stereocenters. The number of hydrogen-bond donors (Lipinski definition) is 2. The molecule has 1 aromatic rings. The second-order valence-electron chi connectivity index (χ2n) is 4.67. The first-order valence-electron chi connectivity index (χ1n) is 6.24. The van der Waals surface area contributed by atoms with Gasteiger partial charge in [-0.1, -0.05) is 0 Å². The number of aryl methyl sites for hydroxylation is 1. The second-order valence-corrected chi connectivity index (χ2v) is 6.59.